The molecular formula is C3H3F6O4P. The second-order valence-electron chi connectivity index (χ2n) is 1.92. The first-order valence-electron chi connectivity index (χ1n) is 2.78. The Hall–Kier alpha value is -0.310. The van der Waals surface area contributed by atoms with E-state index in [4.69, 9.17) is 0 Å². The van der Waals surface area contributed by atoms with Gasteiger partial charge in [0, 0.05) is 0 Å². The van der Waals surface area contributed by atoms with Crippen LogP contribution in [0.15, 0.2) is 0 Å². The highest BCUT2D eigenvalue weighted by Gasteiger charge is 2.45. The van der Waals surface area contributed by atoms with Gasteiger partial charge in [-0.3, -0.25) is 4.52 Å². The molecule has 0 aromatic heterocycles. The van der Waals surface area contributed by atoms with Crippen LogP contribution in [-0.4, -0.2) is 19.0 Å². The van der Waals surface area contributed by atoms with Crippen molar-refractivity contribution in [2.45, 2.75) is 12.3 Å². The van der Waals surface area contributed by atoms with E-state index in [1.165, 1.54) is 0 Å². The molecule has 0 aliphatic carbocycles. The number of rotatable bonds is 6. The molecule has 0 saturated heterocycles. The minimum Gasteiger partial charge on any atom is -0.277 e. The SMILES string of the molecule is O=P(OF)(OF)OCC(F)(F)C(F)F. The fraction of sp³-hybridized carbons (Fsp3) is 1.00. The molecule has 0 aliphatic rings. The quantitative estimate of drug-likeness (QED) is 0.535. The van der Waals surface area contributed by atoms with Crippen LogP contribution in [-0.2, 0) is 18.5 Å². The second-order valence-corrected chi connectivity index (χ2v) is 3.35. The number of halogens is 6. The Morgan fingerprint density at radius 1 is 1.21 bits per heavy atom. The zero-order valence-electron chi connectivity index (χ0n) is 6.13. The molecule has 0 fully saturated rings. The van der Waals surface area contributed by atoms with E-state index in [-0.39, 0.29) is 0 Å². The van der Waals surface area contributed by atoms with E-state index in [0.29, 0.717) is 0 Å². The van der Waals surface area contributed by atoms with Gasteiger partial charge in [-0.05, 0) is 9.05 Å². The van der Waals surface area contributed by atoms with Gasteiger partial charge in [-0.25, -0.2) is 13.3 Å². The molecule has 0 unspecified atom stereocenters. The fourth-order valence-corrected chi connectivity index (χ4v) is 0.710. The predicted octanol–water partition coefficient (Wildman–Crippen LogP) is 2.81. The van der Waals surface area contributed by atoms with Gasteiger partial charge >= 0.3 is 20.2 Å². The van der Waals surface area contributed by atoms with E-state index in [2.05, 4.69) is 14.0 Å². The lowest BCUT2D eigenvalue weighted by molar-refractivity contribution is -0.169. The van der Waals surface area contributed by atoms with E-state index < -0.39 is 26.8 Å². The predicted molar refractivity (Wildman–Crippen MR) is 28.9 cm³/mol. The Morgan fingerprint density at radius 2 is 1.64 bits per heavy atom. The Kier molecular flexibility index (Phi) is 4.85. The van der Waals surface area contributed by atoms with Crippen LogP contribution in [0.3, 0.4) is 0 Å². The average Bonchev–Trinajstić information content (AvgIpc) is 2.14. The smallest absolute Gasteiger partial charge is 0.277 e. The summed E-state index contributed by atoms with van der Waals surface area (Å²) in [6.45, 7) is -2.21. The first-order chi connectivity index (χ1) is 6.27. The van der Waals surface area contributed by atoms with Crippen LogP contribution in [0, 0.1) is 0 Å². The molecule has 0 rings (SSSR count). The summed E-state index contributed by atoms with van der Waals surface area (Å²) >= 11 is 0. The lowest BCUT2D eigenvalue weighted by atomic mass is 10.4. The van der Waals surface area contributed by atoms with Gasteiger partial charge in [0.25, 0.3) is 0 Å². The molecule has 0 N–H and O–H groups in total. The topological polar surface area (TPSA) is 44.8 Å². The minimum absolute atomic E-state index is 2.21. The van der Waals surface area contributed by atoms with Crippen LogP contribution in [0.4, 0.5) is 26.6 Å². The second kappa shape index (κ2) is 4.96. The third-order valence-corrected chi connectivity index (χ3v) is 1.69. The molecule has 0 atom stereocenters. The van der Waals surface area contributed by atoms with Crippen LogP contribution in [0.1, 0.15) is 0 Å². The van der Waals surface area contributed by atoms with Gasteiger partial charge in [0.15, 0.2) is 0 Å². The zero-order chi connectivity index (χ0) is 11.4. The number of hydrogen-bond acceptors (Lipinski definition) is 4. The maximum atomic E-state index is 12.0. The van der Waals surface area contributed by atoms with Crippen LogP contribution in [0.2, 0.25) is 0 Å². The summed E-state index contributed by atoms with van der Waals surface area (Å²) in [5.74, 6) is -4.72. The minimum atomic E-state index is -5.46. The molecule has 0 bridgehead atoms. The van der Waals surface area contributed by atoms with Crippen molar-refractivity contribution in [3.63, 3.8) is 0 Å². The average molecular weight is 248 g/mol. The third kappa shape index (κ3) is 3.82. The van der Waals surface area contributed by atoms with E-state index in [9.17, 15) is 31.2 Å². The van der Waals surface area contributed by atoms with Crippen molar-refractivity contribution in [2.75, 3.05) is 6.61 Å². The molecule has 0 heterocycles. The van der Waals surface area contributed by atoms with Crippen LogP contribution < -0.4 is 0 Å². The summed E-state index contributed by atoms with van der Waals surface area (Å²) in [7, 11) is -5.46. The van der Waals surface area contributed by atoms with Crippen LogP contribution in [0.25, 0.3) is 0 Å². The maximum Gasteiger partial charge on any atom is 0.537 e. The standard InChI is InChI=1S/C3H3F6O4P/c4-2(5)3(6,7)1-11-14(10,12-8)13-9/h2H,1H2. The summed E-state index contributed by atoms with van der Waals surface area (Å²) in [4.78, 5) is 0. The molecule has 86 valence electrons. The van der Waals surface area contributed by atoms with E-state index in [1.807, 2.05) is 0 Å². The summed E-state index contributed by atoms with van der Waals surface area (Å²) < 4.78 is 86.9. The molecule has 4 nitrogen and oxygen atoms in total. The van der Waals surface area contributed by atoms with Gasteiger partial charge in [0.05, 0.1) is 0 Å². The molecule has 0 aromatic rings. The molecular weight excluding hydrogens is 245 g/mol. The van der Waals surface area contributed by atoms with Crippen molar-refractivity contribution < 1.29 is 45.2 Å². The van der Waals surface area contributed by atoms with Crippen molar-refractivity contribution >= 4 is 7.82 Å². The molecule has 0 radical (unpaired) electrons. The van der Waals surface area contributed by atoms with Crippen LogP contribution in [0.5, 0.6) is 0 Å². The molecule has 0 spiro atoms. The Bertz CT molecular complexity index is 213. The Labute approximate surface area is 73.2 Å². The first kappa shape index (κ1) is 13.7. The molecule has 14 heavy (non-hydrogen) atoms. The highest BCUT2D eigenvalue weighted by atomic mass is 31.2. The third-order valence-electron chi connectivity index (χ3n) is 0.903. The van der Waals surface area contributed by atoms with Gasteiger partial charge in [-0.1, -0.05) is 9.46 Å². The van der Waals surface area contributed by atoms with Gasteiger partial charge in [-0.15, -0.1) is 0 Å². The lowest BCUT2D eigenvalue weighted by Gasteiger charge is -2.15. The number of phosphoric acid groups is 1. The lowest BCUT2D eigenvalue weighted by Crippen LogP contribution is -2.31. The number of hydrogen-bond donors (Lipinski definition) is 0. The molecule has 0 amide bonds. The van der Waals surface area contributed by atoms with Gasteiger partial charge in [-0.2, -0.15) is 8.78 Å². The largest absolute Gasteiger partial charge is 0.537 e. The highest BCUT2D eigenvalue weighted by molar-refractivity contribution is 7.48. The fourth-order valence-electron chi connectivity index (χ4n) is 0.279. The Balaban J connectivity index is 4.24. The van der Waals surface area contributed by atoms with Crippen molar-refractivity contribution in [2.24, 2.45) is 0 Å². The summed E-state index contributed by atoms with van der Waals surface area (Å²) in [5, 5.41) is 0. The first-order valence-corrected chi connectivity index (χ1v) is 4.24. The molecule has 0 aromatic carbocycles. The molecule has 0 saturated carbocycles. The van der Waals surface area contributed by atoms with Crippen molar-refractivity contribution in [3.8, 4) is 0 Å². The van der Waals surface area contributed by atoms with Crippen LogP contribution >= 0.6 is 7.82 Å². The van der Waals surface area contributed by atoms with Gasteiger partial charge < -0.3 is 0 Å². The van der Waals surface area contributed by atoms with Crippen molar-refractivity contribution in [3.05, 3.63) is 0 Å². The summed E-state index contributed by atoms with van der Waals surface area (Å²) in [6, 6.07) is 0. The summed E-state index contributed by atoms with van der Waals surface area (Å²) in [5.41, 5.74) is 0. The normalized spacial score (nSPS) is 13.6. The van der Waals surface area contributed by atoms with Gasteiger partial charge in [0.1, 0.15) is 6.61 Å². The van der Waals surface area contributed by atoms with Gasteiger partial charge in [0.2, 0.25) is 0 Å². The molecule has 0 aliphatic heterocycles. The van der Waals surface area contributed by atoms with E-state index >= 15 is 0 Å². The highest BCUT2D eigenvalue weighted by Crippen LogP contribution is 2.51. The van der Waals surface area contributed by atoms with E-state index in [1.54, 1.807) is 0 Å². The van der Waals surface area contributed by atoms with E-state index in [0.717, 1.165) is 0 Å². The van der Waals surface area contributed by atoms with Crippen molar-refractivity contribution in [1.29, 1.82) is 0 Å². The van der Waals surface area contributed by atoms with Crippen molar-refractivity contribution in [1.82, 2.24) is 0 Å². The Morgan fingerprint density at radius 3 is 1.93 bits per heavy atom. The number of alkyl halides is 4. The monoisotopic (exact) mass is 248 g/mol. The molecule has 11 heteroatoms. The summed E-state index contributed by atoms with van der Waals surface area (Å²) in [6.07, 6.45) is -4.14. The maximum absolute atomic E-state index is 12.0. The zero-order valence-corrected chi connectivity index (χ0v) is 7.03.